The van der Waals surface area contributed by atoms with Gasteiger partial charge in [0, 0.05) is 28.2 Å². The second-order valence-corrected chi connectivity index (χ2v) is 8.89. The van der Waals surface area contributed by atoms with Crippen LogP contribution in [0.5, 0.6) is 0 Å². The Morgan fingerprint density at radius 3 is 2.36 bits per heavy atom. The number of hydrogen-bond donors (Lipinski definition) is 1. The fourth-order valence-corrected chi connectivity index (χ4v) is 5.02. The first-order valence-corrected chi connectivity index (χ1v) is 10.5. The number of unbranched alkanes of at least 4 members (excludes halogenated alkanes) is 2. The summed E-state index contributed by atoms with van der Waals surface area (Å²) in [6.07, 6.45) is 4.52. The van der Waals surface area contributed by atoms with E-state index in [0.29, 0.717) is 5.69 Å². The molecular weight excluding hydrogens is 318 g/mol. The van der Waals surface area contributed by atoms with E-state index < -0.39 is 18.7 Å². The number of fused-ring (bicyclic) bond motifs is 1. The van der Waals surface area contributed by atoms with E-state index in [9.17, 15) is 8.42 Å². The molecule has 0 radical (unpaired) electrons. The lowest BCUT2D eigenvalue weighted by Gasteiger charge is -2.25. The largest absolute Gasteiger partial charge is 0.378 e. The summed E-state index contributed by atoms with van der Waals surface area (Å²) in [5.74, 6) is 0. The monoisotopic (exact) mass is 341 g/mol. The first kappa shape index (κ1) is 17.0. The zero-order valence-electron chi connectivity index (χ0n) is 13.1. The highest BCUT2D eigenvalue weighted by Crippen LogP contribution is 2.33. The van der Waals surface area contributed by atoms with Crippen molar-refractivity contribution in [1.82, 2.24) is 0 Å². The molecule has 0 amide bonds. The van der Waals surface area contributed by atoms with Crippen molar-refractivity contribution in [2.24, 2.45) is 10.7 Å². The molecule has 1 aliphatic heterocycles. The zero-order valence-corrected chi connectivity index (χ0v) is 14.7. The summed E-state index contributed by atoms with van der Waals surface area (Å²) in [6.45, 7) is 6.32. The van der Waals surface area contributed by atoms with Crippen LogP contribution in [0.25, 0.3) is 0 Å². The Bertz CT molecular complexity index is 695. The van der Waals surface area contributed by atoms with Crippen LogP contribution in [0.3, 0.4) is 0 Å². The molecule has 0 bridgehead atoms. The maximum Gasteiger partial charge on any atom is 0.252 e. The maximum absolute atomic E-state index is 11.4. The molecule has 2 rings (SSSR count). The third-order valence-electron chi connectivity index (χ3n) is 3.63. The molecular formula is C15H23N3O2S2. The van der Waals surface area contributed by atoms with Crippen LogP contribution >= 0.6 is 0 Å². The lowest BCUT2D eigenvalue weighted by molar-refractivity contribution is 0.628. The summed E-state index contributed by atoms with van der Waals surface area (Å²) in [7, 11) is -3.38. The second-order valence-electron chi connectivity index (χ2n) is 5.27. The van der Waals surface area contributed by atoms with Crippen LogP contribution in [0.1, 0.15) is 39.5 Å². The number of amidine groups is 1. The third kappa shape index (κ3) is 3.70. The normalized spacial score (nSPS) is 16.3. The van der Waals surface area contributed by atoms with Gasteiger partial charge in [-0.05, 0) is 31.0 Å². The Hall–Kier alpha value is -1.34. The molecule has 122 valence electrons. The molecule has 0 aromatic heterocycles. The van der Waals surface area contributed by atoms with E-state index in [0.717, 1.165) is 49.4 Å². The highest BCUT2D eigenvalue weighted by atomic mass is 32.9. The minimum atomic E-state index is -2.26. The maximum atomic E-state index is 11.4. The molecule has 5 nitrogen and oxygen atoms in total. The summed E-state index contributed by atoms with van der Waals surface area (Å²) >= 11 is 0. The van der Waals surface area contributed by atoms with Crippen molar-refractivity contribution in [2.75, 3.05) is 18.0 Å². The lowest BCUT2D eigenvalue weighted by Crippen LogP contribution is -2.25. The zero-order chi connectivity index (χ0) is 16.1. The molecule has 0 saturated carbocycles. The third-order valence-corrected chi connectivity index (χ3v) is 6.97. The van der Waals surface area contributed by atoms with Crippen LogP contribution in [-0.4, -0.2) is 26.7 Å². The van der Waals surface area contributed by atoms with Crippen LogP contribution in [0, 0.1) is 0 Å². The predicted molar refractivity (Wildman–Crippen MR) is 94.3 cm³/mol. The van der Waals surface area contributed by atoms with Crippen LogP contribution < -0.4 is 10.6 Å². The topological polar surface area (TPSA) is 75.8 Å². The van der Waals surface area contributed by atoms with Crippen molar-refractivity contribution < 1.29 is 8.42 Å². The van der Waals surface area contributed by atoms with Gasteiger partial charge in [0.25, 0.3) is 9.26 Å². The Labute approximate surface area is 135 Å². The minimum absolute atomic E-state index is 0.189. The molecule has 1 aliphatic rings. The Morgan fingerprint density at radius 2 is 1.82 bits per heavy atom. The van der Waals surface area contributed by atoms with Gasteiger partial charge in [-0.2, -0.15) is 8.42 Å². The molecule has 1 aromatic carbocycles. The first-order chi connectivity index (χ1) is 10.6. The lowest BCUT2D eigenvalue weighted by atomic mass is 10.2. The number of hydrogen-bond acceptors (Lipinski definition) is 5. The molecule has 2 N–H and O–H groups in total. The Kier molecular flexibility index (Phi) is 6.02. The fraction of sp³-hybridized carbons (Fsp3) is 0.533. The van der Waals surface area contributed by atoms with Gasteiger partial charge in [-0.25, -0.2) is 4.99 Å². The van der Waals surface area contributed by atoms with Gasteiger partial charge >= 0.3 is 0 Å². The molecule has 1 heterocycles. The summed E-state index contributed by atoms with van der Waals surface area (Å²) in [6, 6.07) is 5.84. The number of aliphatic imine (C=N–C) groups is 1. The van der Waals surface area contributed by atoms with Gasteiger partial charge in [0.15, 0.2) is 5.17 Å². The number of benzene rings is 1. The van der Waals surface area contributed by atoms with Crippen molar-refractivity contribution in [1.29, 1.82) is 0 Å². The van der Waals surface area contributed by atoms with Gasteiger partial charge in [-0.15, -0.1) is 0 Å². The van der Waals surface area contributed by atoms with E-state index in [1.165, 1.54) is 0 Å². The molecule has 22 heavy (non-hydrogen) atoms. The van der Waals surface area contributed by atoms with E-state index >= 15 is 0 Å². The Balaban J connectivity index is 2.36. The van der Waals surface area contributed by atoms with Gasteiger partial charge in [0.1, 0.15) is 0 Å². The summed E-state index contributed by atoms with van der Waals surface area (Å²) in [5.41, 5.74) is 7.52. The predicted octanol–water partition coefficient (Wildman–Crippen LogP) is 2.82. The number of anilines is 1. The average Bonchev–Trinajstić information content (AvgIpc) is 2.82. The van der Waals surface area contributed by atoms with Crippen LogP contribution in [-0.2, 0) is 18.7 Å². The standard InChI is InChI=1S/C15H23N3O2S2/c1-3-5-9-18(10-6-4-2)12-7-8-13-14(11-12)21(22(19)20)15(16)17-13/h7-8,11H,3-6,9-10H2,1-2H3,(H2,16,17). The van der Waals surface area contributed by atoms with Gasteiger partial charge in [0.05, 0.1) is 10.6 Å². The SMILES string of the molecule is CCCCN(CCCC)c1ccc2c(c1)S(=S(=O)=O)C(N)=N2. The molecule has 0 saturated heterocycles. The van der Waals surface area contributed by atoms with Crippen LogP contribution in [0.15, 0.2) is 28.1 Å². The van der Waals surface area contributed by atoms with Crippen LogP contribution in [0.4, 0.5) is 11.4 Å². The molecule has 7 heteroatoms. The van der Waals surface area contributed by atoms with E-state index in [1.54, 1.807) is 0 Å². The average molecular weight is 342 g/mol. The van der Waals surface area contributed by atoms with Crippen molar-refractivity contribution in [3.63, 3.8) is 0 Å². The molecule has 0 spiro atoms. The van der Waals surface area contributed by atoms with E-state index in [1.807, 2.05) is 18.2 Å². The van der Waals surface area contributed by atoms with Gasteiger partial charge in [-0.1, -0.05) is 26.7 Å². The molecule has 1 unspecified atom stereocenters. The number of nitrogens with zero attached hydrogens (tertiary/aromatic N) is 2. The summed E-state index contributed by atoms with van der Waals surface area (Å²) in [5, 5.41) is 0.189. The van der Waals surface area contributed by atoms with Crippen molar-refractivity contribution >= 4 is 35.3 Å². The minimum Gasteiger partial charge on any atom is -0.378 e. The number of nitrogens with two attached hydrogens (primary N) is 1. The van der Waals surface area contributed by atoms with E-state index in [4.69, 9.17) is 5.73 Å². The van der Waals surface area contributed by atoms with Gasteiger partial charge in [0.2, 0.25) is 0 Å². The second kappa shape index (κ2) is 7.78. The Morgan fingerprint density at radius 1 is 1.18 bits per heavy atom. The van der Waals surface area contributed by atoms with Gasteiger partial charge < -0.3 is 10.6 Å². The van der Waals surface area contributed by atoms with Crippen molar-refractivity contribution in [2.45, 2.75) is 44.4 Å². The summed E-state index contributed by atoms with van der Waals surface area (Å²) < 4.78 is 22.9. The van der Waals surface area contributed by atoms with Crippen molar-refractivity contribution in [3.8, 4) is 0 Å². The van der Waals surface area contributed by atoms with Crippen molar-refractivity contribution in [3.05, 3.63) is 18.2 Å². The molecule has 1 aromatic rings. The highest BCUT2D eigenvalue weighted by Gasteiger charge is 2.21. The fourth-order valence-electron chi connectivity index (χ4n) is 2.42. The molecule has 0 fully saturated rings. The summed E-state index contributed by atoms with van der Waals surface area (Å²) in [4.78, 5) is 7.23. The number of rotatable bonds is 7. The highest BCUT2D eigenvalue weighted by molar-refractivity contribution is 8.41. The first-order valence-electron chi connectivity index (χ1n) is 7.65. The molecule has 1 atom stereocenters. The van der Waals surface area contributed by atoms with E-state index in [2.05, 4.69) is 23.7 Å². The quantitative estimate of drug-likeness (QED) is 0.827. The van der Waals surface area contributed by atoms with Crippen LogP contribution in [0.2, 0.25) is 0 Å². The van der Waals surface area contributed by atoms with Gasteiger partial charge in [-0.3, -0.25) is 0 Å². The smallest absolute Gasteiger partial charge is 0.252 e. The molecule has 0 aliphatic carbocycles. The van der Waals surface area contributed by atoms with E-state index in [-0.39, 0.29) is 5.17 Å².